The fourth-order valence-corrected chi connectivity index (χ4v) is 2.52. The van der Waals surface area contributed by atoms with Crippen molar-refractivity contribution in [1.29, 1.82) is 0 Å². The Kier molecular flexibility index (Phi) is 2.48. The summed E-state index contributed by atoms with van der Waals surface area (Å²) in [6.45, 7) is 4.22. The summed E-state index contributed by atoms with van der Waals surface area (Å²) in [4.78, 5) is 0. The second-order valence-electron chi connectivity index (χ2n) is 4.78. The van der Waals surface area contributed by atoms with Crippen molar-refractivity contribution in [3.8, 4) is 5.75 Å². The van der Waals surface area contributed by atoms with Gasteiger partial charge in [0.2, 0.25) is 0 Å². The van der Waals surface area contributed by atoms with Gasteiger partial charge in [-0.05, 0) is 25.0 Å². The van der Waals surface area contributed by atoms with E-state index in [0.717, 1.165) is 31.7 Å². The molecule has 1 saturated heterocycles. The lowest BCUT2D eigenvalue weighted by atomic mass is 10.1. The SMILES string of the molecule is CC1CC(Oc2ccc3c(c2)NCC3)CN1. The first-order valence-corrected chi connectivity index (χ1v) is 6.08. The average molecular weight is 218 g/mol. The van der Waals surface area contributed by atoms with E-state index >= 15 is 0 Å². The Bertz CT molecular complexity index is 392. The van der Waals surface area contributed by atoms with Crippen LogP contribution in [0.3, 0.4) is 0 Å². The zero-order chi connectivity index (χ0) is 11.0. The van der Waals surface area contributed by atoms with E-state index in [0.29, 0.717) is 12.1 Å². The molecule has 0 saturated carbocycles. The maximum Gasteiger partial charge on any atom is 0.121 e. The molecule has 0 spiro atoms. The van der Waals surface area contributed by atoms with Crippen LogP contribution in [0.1, 0.15) is 18.9 Å². The first-order chi connectivity index (χ1) is 7.81. The maximum absolute atomic E-state index is 5.97. The number of rotatable bonds is 2. The minimum atomic E-state index is 0.328. The molecule has 0 aliphatic carbocycles. The lowest BCUT2D eigenvalue weighted by molar-refractivity contribution is 0.220. The number of hydrogen-bond donors (Lipinski definition) is 2. The van der Waals surface area contributed by atoms with Crippen molar-refractivity contribution in [2.45, 2.75) is 31.9 Å². The number of hydrogen-bond acceptors (Lipinski definition) is 3. The third kappa shape index (κ3) is 1.87. The van der Waals surface area contributed by atoms with Gasteiger partial charge in [-0.3, -0.25) is 0 Å². The van der Waals surface area contributed by atoms with Crippen LogP contribution in [-0.2, 0) is 6.42 Å². The molecule has 2 unspecified atom stereocenters. The van der Waals surface area contributed by atoms with Gasteiger partial charge >= 0.3 is 0 Å². The molecule has 0 radical (unpaired) electrons. The summed E-state index contributed by atoms with van der Waals surface area (Å²) in [5.74, 6) is 0.994. The number of nitrogens with one attached hydrogen (secondary N) is 2. The van der Waals surface area contributed by atoms with Crippen LogP contribution in [0.2, 0.25) is 0 Å². The average Bonchev–Trinajstić information content (AvgIpc) is 2.87. The Balaban J connectivity index is 1.71. The van der Waals surface area contributed by atoms with Crippen molar-refractivity contribution in [2.24, 2.45) is 0 Å². The van der Waals surface area contributed by atoms with Gasteiger partial charge in [-0.1, -0.05) is 6.07 Å². The Morgan fingerprint density at radius 1 is 1.38 bits per heavy atom. The zero-order valence-corrected chi connectivity index (χ0v) is 9.62. The Hall–Kier alpha value is -1.22. The summed E-state index contributed by atoms with van der Waals surface area (Å²) in [7, 11) is 0. The van der Waals surface area contributed by atoms with Crippen molar-refractivity contribution < 1.29 is 4.74 Å². The fourth-order valence-electron chi connectivity index (χ4n) is 2.52. The van der Waals surface area contributed by atoms with E-state index in [9.17, 15) is 0 Å². The summed E-state index contributed by atoms with van der Waals surface area (Å²) in [5.41, 5.74) is 2.65. The smallest absolute Gasteiger partial charge is 0.121 e. The molecule has 2 N–H and O–H groups in total. The molecule has 2 aliphatic heterocycles. The molecule has 1 aromatic rings. The minimum absolute atomic E-state index is 0.328. The maximum atomic E-state index is 5.97. The molecule has 3 heteroatoms. The first kappa shape index (κ1) is 9.97. The largest absolute Gasteiger partial charge is 0.489 e. The van der Waals surface area contributed by atoms with Gasteiger partial charge in [0, 0.05) is 37.3 Å². The molecule has 2 aliphatic rings. The van der Waals surface area contributed by atoms with Gasteiger partial charge in [0.05, 0.1) is 0 Å². The standard InChI is InChI=1S/C13H18N2O/c1-9-6-12(8-15-9)16-11-3-2-10-4-5-14-13(10)7-11/h2-3,7,9,12,14-15H,4-6,8H2,1H3. The molecule has 0 bridgehead atoms. The second kappa shape index (κ2) is 3.98. The number of anilines is 1. The van der Waals surface area contributed by atoms with Crippen LogP contribution >= 0.6 is 0 Å². The number of benzene rings is 1. The number of ether oxygens (including phenoxy) is 1. The molecule has 3 rings (SSSR count). The van der Waals surface area contributed by atoms with Crippen molar-refractivity contribution in [3.05, 3.63) is 23.8 Å². The Morgan fingerprint density at radius 2 is 2.31 bits per heavy atom. The van der Waals surface area contributed by atoms with Crippen LogP contribution in [-0.4, -0.2) is 25.2 Å². The van der Waals surface area contributed by atoms with Crippen molar-refractivity contribution >= 4 is 5.69 Å². The summed E-state index contributed by atoms with van der Waals surface area (Å²) < 4.78 is 5.97. The summed E-state index contributed by atoms with van der Waals surface area (Å²) in [5, 5.41) is 6.78. The highest BCUT2D eigenvalue weighted by Gasteiger charge is 2.22. The molecule has 3 nitrogen and oxygen atoms in total. The predicted octanol–water partition coefficient (Wildman–Crippen LogP) is 1.78. The van der Waals surface area contributed by atoms with Crippen LogP contribution in [0.25, 0.3) is 0 Å². The third-order valence-electron chi connectivity index (χ3n) is 3.40. The van der Waals surface area contributed by atoms with E-state index in [4.69, 9.17) is 4.74 Å². The summed E-state index contributed by atoms with van der Waals surface area (Å²) >= 11 is 0. The monoisotopic (exact) mass is 218 g/mol. The molecular weight excluding hydrogens is 200 g/mol. The van der Waals surface area contributed by atoms with E-state index in [2.05, 4.69) is 35.8 Å². The molecule has 16 heavy (non-hydrogen) atoms. The van der Waals surface area contributed by atoms with Gasteiger partial charge in [0.1, 0.15) is 11.9 Å². The quantitative estimate of drug-likeness (QED) is 0.794. The summed E-state index contributed by atoms with van der Waals surface area (Å²) in [6.07, 6.45) is 2.57. The van der Waals surface area contributed by atoms with Gasteiger partial charge in [-0.15, -0.1) is 0 Å². The van der Waals surface area contributed by atoms with Crippen molar-refractivity contribution in [3.63, 3.8) is 0 Å². The highest BCUT2D eigenvalue weighted by Crippen LogP contribution is 2.28. The fraction of sp³-hybridized carbons (Fsp3) is 0.538. The minimum Gasteiger partial charge on any atom is -0.489 e. The Morgan fingerprint density at radius 3 is 3.12 bits per heavy atom. The van der Waals surface area contributed by atoms with Crippen LogP contribution < -0.4 is 15.4 Å². The highest BCUT2D eigenvalue weighted by atomic mass is 16.5. The molecule has 0 aromatic heterocycles. The molecule has 1 fully saturated rings. The van der Waals surface area contributed by atoms with Crippen LogP contribution in [0.15, 0.2) is 18.2 Å². The van der Waals surface area contributed by atoms with E-state index in [-0.39, 0.29) is 0 Å². The van der Waals surface area contributed by atoms with Crippen LogP contribution in [0.4, 0.5) is 5.69 Å². The lowest BCUT2D eigenvalue weighted by Gasteiger charge is -2.13. The topological polar surface area (TPSA) is 33.3 Å². The van der Waals surface area contributed by atoms with E-state index in [1.807, 2.05) is 0 Å². The summed E-state index contributed by atoms with van der Waals surface area (Å²) in [6, 6.07) is 6.98. The normalized spacial score (nSPS) is 27.6. The van der Waals surface area contributed by atoms with Crippen molar-refractivity contribution in [2.75, 3.05) is 18.4 Å². The predicted molar refractivity (Wildman–Crippen MR) is 65.1 cm³/mol. The van der Waals surface area contributed by atoms with Crippen LogP contribution in [0, 0.1) is 0 Å². The van der Waals surface area contributed by atoms with E-state index in [1.165, 1.54) is 11.3 Å². The molecule has 0 amide bonds. The molecule has 2 heterocycles. The molecular formula is C13H18N2O. The second-order valence-corrected chi connectivity index (χ2v) is 4.78. The Labute approximate surface area is 96.2 Å². The molecule has 86 valence electrons. The molecule has 1 aromatic carbocycles. The van der Waals surface area contributed by atoms with E-state index < -0.39 is 0 Å². The van der Waals surface area contributed by atoms with Gasteiger partial charge in [0.15, 0.2) is 0 Å². The van der Waals surface area contributed by atoms with E-state index in [1.54, 1.807) is 0 Å². The van der Waals surface area contributed by atoms with Crippen molar-refractivity contribution in [1.82, 2.24) is 5.32 Å². The van der Waals surface area contributed by atoms with Gasteiger partial charge in [-0.2, -0.15) is 0 Å². The van der Waals surface area contributed by atoms with Gasteiger partial charge in [-0.25, -0.2) is 0 Å². The third-order valence-corrected chi connectivity index (χ3v) is 3.40. The van der Waals surface area contributed by atoms with Crippen LogP contribution in [0.5, 0.6) is 5.75 Å². The number of fused-ring (bicyclic) bond motifs is 1. The highest BCUT2D eigenvalue weighted by molar-refractivity contribution is 5.58. The van der Waals surface area contributed by atoms with Gasteiger partial charge < -0.3 is 15.4 Å². The molecule has 2 atom stereocenters. The zero-order valence-electron chi connectivity index (χ0n) is 9.62. The lowest BCUT2D eigenvalue weighted by Crippen LogP contribution is -2.20. The first-order valence-electron chi connectivity index (χ1n) is 6.08. The van der Waals surface area contributed by atoms with Gasteiger partial charge in [0.25, 0.3) is 0 Å².